The van der Waals surface area contributed by atoms with Crippen LogP contribution in [0, 0.1) is 0 Å². The molecule has 0 aromatic carbocycles. The lowest BCUT2D eigenvalue weighted by atomic mass is 10.0. The molecule has 0 unspecified atom stereocenters. The maximum absolute atomic E-state index is 5.90. The van der Waals surface area contributed by atoms with Crippen molar-refractivity contribution in [1.82, 2.24) is 24.8 Å². The van der Waals surface area contributed by atoms with Gasteiger partial charge in [0.1, 0.15) is 0 Å². The zero-order valence-corrected chi connectivity index (χ0v) is 17.5. The predicted molar refractivity (Wildman–Crippen MR) is 119 cm³/mol. The van der Waals surface area contributed by atoms with Crippen LogP contribution in [0.3, 0.4) is 0 Å². The largest absolute Gasteiger partial charge is 0.376 e. The van der Waals surface area contributed by atoms with Crippen molar-refractivity contribution < 1.29 is 4.74 Å². The number of hydrogen-bond donors (Lipinski definition) is 1. The molecule has 0 aliphatic carbocycles. The molecule has 6 nitrogen and oxygen atoms in total. The Morgan fingerprint density at radius 1 is 1.10 bits per heavy atom. The Balaban J connectivity index is 1.51. The summed E-state index contributed by atoms with van der Waals surface area (Å²) in [6.07, 6.45) is 10.2. The van der Waals surface area contributed by atoms with E-state index in [0.717, 1.165) is 36.8 Å². The Kier molecular flexibility index (Phi) is 5.46. The van der Waals surface area contributed by atoms with Gasteiger partial charge in [-0.05, 0) is 67.0 Å². The van der Waals surface area contributed by atoms with Gasteiger partial charge < -0.3 is 19.5 Å². The standard InChI is InChI=1S/C23H25N5OS/c30-23-26-21(19-6-1-2-10-25-19)22(28(23)15-17-8-11-24-12-9-17)20-7-3-13-27(20)16-18-5-4-14-29-18/h1-3,6-13,18,21-22H,4-5,14-16H2,(H,26,30)/t18-,21+,22+/m0/s1. The molecule has 3 aromatic heterocycles. The van der Waals surface area contributed by atoms with Gasteiger partial charge in [0.25, 0.3) is 0 Å². The molecular formula is C23H25N5OS. The Hall–Kier alpha value is -2.77. The average molecular weight is 420 g/mol. The second-order valence-corrected chi connectivity index (χ2v) is 8.22. The van der Waals surface area contributed by atoms with E-state index in [2.05, 4.69) is 49.1 Å². The summed E-state index contributed by atoms with van der Waals surface area (Å²) >= 11 is 5.79. The zero-order chi connectivity index (χ0) is 20.3. The molecule has 3 aromatic rings. The highest BCUT2D eigenvalue weighted by Crippen LogP contribution is 2.39. The quantitative estimate of drug-likeness (QED) is 0.616. The summed E-state index contributed by atoms with van der Waals surface area (Å²) in [7, 11) is 0. The van der Waals surface area contributed by atoms with Gasteiger partial charge in [0.05, 0.1) is 23.9 Å². The van der Waals surface area contributed by atoms with Crippen molar-refractivity contribution in [3.63, 3.8) is 0 Å². The summed E-state index contributed by atoms with van der Waals surface area (Å²) in [4.78, 5) is 11.1. The van der Waals surface area contributed by atoms with E-state index in [1.165, 1.54) is 11.3 Å². The molecule has 0 bridgehead atoms. The third kappa shape index (κ3) is 3.82. The fraction of sp³-hybridized carbons (Fsp3) is 0.348. The van der Waals surface area contributed by atoms with Crippen LogP contribution in [0.2, 0.25) is 0 Å². The van der Waals surface area contributed by atoms with Gasteiger partial charge >= 0.3 is 0 Å². The van der Waals surface area contributed by atoms with Crippen LogP contribution in [0.15, 0.2) is 67.3 Å². The first kappa shape index (κ1) is 19.2. The van der Waals surface area contributed by atoms with E-state index < -0.39 is 0 Å². The van der Waals surface area contributed by atoms with Crippen LogP contribution in [0.25, 0.3) is 0 Å². The number of nitrogens with one attached hydrogen (secondary N) is 1. The summed E-state index contributed by atoms with van der Waals surface area (Å²) in [6, 6.07) is 14.5. The van der Waals surface area contributed by atoms with Gasteiger partial charge in [-0.1, -0.05) is 6.07 Å². The molecule has 0 radical (unpaired) electrons. The van der Waals surface area contributed by atoms with Crippen LogP contribution < -0.4 is 5.32 Å². The monoisotopic (exact) mass is 419 g/mol. The van der Waals surface area contributed by atoms with Crippen molar-refractivity contribution in [2.75, 3.05) is 6.61 Å². The number of rotatable bonds is 6. The van der Waals surface area contributed by atoms with Crippen molar-refractivity contribution in [3.05, 3.63) is 84.2 Å². The molecule has 5 heterocycles. The van der Waals surface area contributed by atoms with Crippen molar-refractivity contribution in [1.29, 1.82) is 0 Å². The molecule has 0 spiro atoms. The van der Waals surface area contributed by atoms with Crippen molar-refractivity contribution >= 4 is 17.3 Å². The maximum atomic E-state index is 5.90. The molecule has 2 aliphatic heterocycles. The van der Waals surface area contributed by atoms with E-state index in [9.17, 15) is 0 Å². The van der Waals surface area contributed by atoms with Crippen LogP contribution in [-0.2, 0) is 17.8 Å². The number of aromatic nitrogens is 3. The topological polar surface area (TPSA) is 55.2 Å². The minimum atomic E-state index is -0.0151. The van der Waals surface area contributed by atoms with Crippen LogP contribution in [0.5, 0.6) is 0 Å². The molecular weight excluding hydrogens is 394 g/mol. The van der Waals surface area contributed by atoms with Crippen LogP contribution in [0.1, 0.15) is 41.9 Å². The number of thiocarbonyl (C=S) groups is 1. The van der Waals surface area contributed by atoms with E-state index in [4.69, 9.17) is 17.0 Å². The zero-order valence-electron chi connectivity index (χ0n) is 16.7. The van der Waals surface area contributed by atoms with Crippen molar-refractivity contribution in [2.45, 2.75) is 44.1 Å². The van der Waals surface area contributed by atoms with Gasteiger partial charge in [-0.2, -0.15) is 0 Å². The summed E-state index contributed by atoms with van der Waals surface area (Å²) < 4.78 is 8.23. The highest BCUT2D eigenvalue weighted by molar-refractivity contribution is 7.80. The minimum absolute atomic E-state index is 0.0151. The SMILES string of the molecule is S=C1N[C@H](c2ccccn2)[C@@H](c2cccn2C[C@@H]2CCCO2)N1Cc1ccncc1. The lowest BCUT2D eigenvalue weighted by molar-refractivity contribution is 0.0953. The van der Waals surface area contributed by atoms with Gasteiger partial charge in [-0.3, -0.25) is 9.97 Å². The number of hydrogen-bond acceptors (Lipinski definition) is 4. The number of nitrogens with zero attached hydrogens (tertiary/aromatic N) is 4. The fourth-order valence-corrected chi connectivity index (χ4v) is 4.76. The summed E-state index contributed by atoms with van der Waals surface area (Å²) in [6.45, 7) is 2.44. The van der Waals surface area contributed by atoms with Gasteiger partial charge in [-0.15, -0.1) is 0 Å². The molecule has 154 valence electrons. The van der Waals surface area contributed by atoms with Crippen LogP contribution >= 0.6 is 12.2 Å². The van der Waals surface area contributed by atoms with Crippen LogP contribution in [-0.4, -0.2) is 37.3 Å². The number of ether oxygens (including phenoxy) is 1. The normalized spacial score (nSPS) is 23.7. The molecule has 2 saturated heterocycles. The van der Waals surface area contributed by atoms with E-state index >= 15 is 0 Å². The van der Waals surface area contributed by atoms with Crippen molar-refractivity contribution in [3.8, 4) is 0 Å². The molecule has 0 amide bonds. The molecule has 0 saturated carbocycles. The molecule has 7 heteroatoms. The first-order chi connectivity index (χ1) is 14.8. The van der Waals surface area contributed by atoms with Gasteiger partial charge in [-0.25, -0.2) is 0 Å². The molecule has 2 fully saturated rings. The van der Waals surface area contributed by atoms with E-state index in [1.807, 2.05) is 42.9 Å². The highest BCUT2D eigenvalue weighted by Gasteiger charge is 2.41. The Bertz CT molecular complexity index is 987. The number of pyridine rings is 2. The van der Waals surface area contributed by atoms with Gasteiger partial charge in [0, 0.05) is 50.2 Å². The van der Waals surface area contributed by atoms with Crippen molar-refractivity contribution in [2.24, 2.45) is 0 Å². The first-order valence-electron chi connectivity index (χ1n) is 10.4. The molecule has 3 atom stereocenters. The third-order valence-corrected chi connectivity index (χ3v) is 6.24. The molecule has 30 heavy (non-hydrogen) atoms. The second-order valence-electron chi connectivity index (χ2n) is 7.83. The smallest absolute Gasteiger partial charge is 0.170 e. The van der Waals surface area contributed by atoms with Gasteiger partial charge in [0.2, 0.25) is 0 Å². The third-order valence-electron chi connectivity index (χ3n) is 5.89. The molecule has 1 N–H and O–H groups in total. The summed E-state index contributed by atoms with van der Waals surface area (Å²) in [5.41, 5.74) is 3.40. The highest BCUT2D eigenvalue weighted by atomic mass is 32.1. The molecule has 2 aliphatic rings. The van der Waals surface area contributed by atoms with Gasteiger partial charge in [0.15, 0.2) is 5.11 Å². The Morgan fingerprint density at radius 2 is 2.00 bits per heavy atom. The summed E-state index contributed by atoms with van der Waals surface area (Å²) in [5, 5.41) is 4.28. The van der Waals surface area contributed by atoms with E-state index in [1.54, 1.807) is 0 Å². The Labute approximate surface area is 181 Å². The lowest BCUT2D eigenvalue weighted by Crippen LogP contribution is -2.30. The maximum Gasteiger partial charge on any atom is 0.170 e. The fourth-order valence-electron chi connectivity index (χ4n) is 4.45. The molecule has 5 rings (SSSR count). The predicted octanol–water partition coefficient (Wildman–Crippen LogP) is 3.63. The second kappa shape index (κ2) is 8.53. The lowest BCUT2D eigenvalue weighted by Gasteiger charge is -2.29. The first-order valence-corrected chi connectivity index (χ1v) is 10.8. The minimum Gasteiger partial charge on any atom is -0.376 e. The van der Waals surface area contributed by atoms with E-state index in [-0.39, 0.29) is 18.2 Å². The van der Waals surface area contributed by atoms with Crippen LogP contribution in [0.4, 0.5) is 0 Å². The average Bonchev–Trinajstić information content (AvgIpc) is 3.52. The Morgan fingerprint density at radius 3 is 2.77 bits per heavy atom. The summed E-state index contributed by atoms with van der Waals surface area (Å²) in [5.74, 6) is 0. The van der Waals surface area contributed by atoms with E-state index in [0.29, 0.717) is 6.54 Å².